The first-order valence-corrected chi connectivity index (χ1v) is 5.43. The molecule has 4 nitrogen and oxygen atoms in total. The van der Waals surface area contributed by atoms with Gasteiger partial charge in [0.15, 0.2) is 0 Å². The van der Waals surface area contributed by atoms with E-state index in [4.69, 9.17) is 0 Å². The molecule has 0 aliphatic carbocycles. The SMILES string of the molecule is Cn1ccnc1CNCCc1ccccn1. The minimum atomic E-state index is 0.802. The van der Waals surface area contributed by atoms with Crippen LogP contribution in [0.4, 0.5) is 0 Å². The van der Waals surface area contributed by atoms with Gasteiger partial charge in [0.2, 0.25) is 0 Å². The molecule has 84 valence electrons. The molecule has 0 aliphatic rings. The second-order valence-electron chi connectivity index (χ2n) is 3.70. The third kappa shape index (κ3) is 2.90. The lowest BCUT2D eigenvalue weighted by Gasteiger charge is -2.04. The number of aromatic nitrogens is 3. The standard InChI is InChI=1S/C12H16N4/c1-16-9-8-15-12(16)10-13-7-5-11-4-2-3-6-14-11/h2-4,6,8-9,13H,5,7,10H2,1H3. The smallest absolute Gasteiger partial charge is 0.122 e. The van der Waals surface area contributed by atoms with Gasteiger partial charge in [-0.3, -0.25) is 4.98 Å². The fourth-order valence-electron chi connectivity index (χ4n) is 1.53. The zero-order valence-electron chi connectivity index (χ0n) is 9.43. The van der Waals surface area contributed by atoms with E-state index < -0.39 is 0 Å². The Balaban J connectivity index is 1.72. The maximum atomic E-state index is 4.27. The van der Waals surface area contributed by atoms with E-state index in [0.29, 0.717) is 0 Å². The van der Waals surface area contributed by atoms with Crippen LogP contribution in [-0.2, 0) is 20.0 Å². The van der Waals surface area contributed by atoms with Crippen molar-refractivity contribution in [1.29, 1.82) is 0 Å². The lowest BCUT2D eigenvalue weighted by Crippen LogP contribution is -2.19. The molecule has 4 heteroatoms. The molecule has 0 aromatic carbocycles. The van der Waals surface area contributed by atoms with Crippen LogP contribution in [0, 0.1) is 0 Å². The van der Waals surface area contributed by atoms with Gasteiger partial charge in [0.1, 0.15) is 5.82 Å². The third-order valence-electron chi connectivity index (χ3n) is 2.49. The Bertz CT molecular complexity index is 422. The van der Waals surface area contributed by atoms with E-state index in [0.717, 1.165) is 31.0 Å². The van der Waals surface area contributed by atoms with Crippen LogP contribution in [0.1, 0.15) is 11.5 Å². The Morgan fingerprint density at radius 2 is 2.19 bits per heavy atom. The van der Waals surface area contributed by atoms with E-state index in [1.54, 1.807) is 0 Å². The molecule has 0 bridgehead atoms. The molecule has 2 aromatic heterocycles. The van der Waals surface area contributed by atoms with Gasteiger partial charge in [-0.05, 0) is 12.1 Å². The van der Waals surface area contributed by atoms with E-state index in [1.807, 2.05) is 48.4 Å². The highest BCUT2D eigenvalue weighted by Gasteiger charge is 1.98. The van der Waals surface area contributed by atoms with Crippen LogP contribution in [-0.4, -0.2) is 21.1 Å². The van der Waals surface area contributed by atoms with Gasteiger partial charge in [0.25, 0.3) is 0 Å². The van der Waals surface area contributed by atoms with E-state index in [9.17, 15) is 0 Å². The summed E-state index contributed by atoms with van der Waals surface area (Å²) < 4.78 is 2.02. The highest BCUT2D eigenvalue weighted by Crippen LogP contribution is 1.95. The summed E-state index contributed by atoms with van der Waals surface area (Å²) in [5, 5.41) is 3.35. The second kappa shape index (κ2) is 5.42. The highest BCUT2D eigenvalue weighted by molar-refractivity contribution is 5.03. The van der Waals surface area contributed by atoms with Gasteiger partial charge in [0.05, 0.1) is 6.54 Å². The zero-order valence-corrected chi connectivity index (χ0v) is 9.43. The zero-order chi connectivity index (χ0) is 11.2. The summed E-state index contributed by atoms with van der Waals surface area (Å²) in [5.41, 5.74) is 1.12. The molecule has 2 aromatic rings. The van der Waals surface area contributed by atoms with E-state index in [1.165, 1.54) is 0 Å². The van der Waals surface area contributed by atoms with Gasteiger partial charge >= 0.3 is 0 Å². The van der Waals surface area contributed by atoms with Crippen molar-refractivity contribution in [1.82, 2.24) is 19.9 Å². The average Bonchev–Trinajstić information content (AvgIpc) is 2.72. The lowest BCUT2D eigenvalue weighted by atomic mass is 10.3. The number of hydrogen-bond acceptors (Lipinski definition) is 3. The van der Waals surface area contributed by atoms with E-state index in [-0.39, 0.29) is 0 Å². The van der Waals surface area contributed by atoms with E-state index >= 15 is 0 Å². The topological polar surface area (TPSA) is 42.7 Å². The Morgan fingerprint density at radius 1 is 1.25 bits per heavy atom. The molecule has 2 rings (SSSR count). The van der Waals surface area contributed by atoms with Crippen LogP contribution in [0.25, 0.3) is 0 Å². The summed E-state index contributed by atoms with van der Waals surface area (Å²) in [6.45, 7) is 1.72. The average molecular weight is 216 g/mol. The molecule has 2 heterocycles. The minimum absolute atomic E-state index is 0.802. The van der Waals surface area contributed by atoms with E-state index in [2.05, 4.69) is 15.3 Å². The number of nitrogens with zero attached hydrogens (tertiary/aromatic N) is 3. The minimum Gasteiger partial charge on any atom is -0.337 e. The Labute approximate surface area is 95.4 Å². The fraction of sp³-hybridized carbons (Fsp3) is 0.333. The van der Waals surface area contributed by atoms with Crippen LogP contribution < -0.4 is 5.32 Å². The number of nitrogens with one attached hydrogen (secondary N) is 1. The molecule has 0 spiro atoms. The highest BCUT2D eigenvalue weighted by atomic mass is 15.1. The molecule has 16 heavy (non-hydrogen) atoms. The first-order chi connectivity index (χ1) is 7.86. The monoisotopic (exact) mass is 216 g/mol. The number of rotatable bonds is 5. The molecule has 0 saturated carbocycles. The van der Waals surface area contributed by atoms with Gasteiger partial charge in [0, 0.05) is 44.3 Å². The van der Waals surface area contributed by atoms with Crippen LogP contribution in [0.5, 0.6) is 0 Å². The van der Waals surface area contributed by atoms with Gasteiger partial charge in [-0.2, -0.15) is 0 Å². The normalized spacial score (nSPS) is 10.6. The van der Waals surface area contributed by atoms with Gasteiger partial charge in [-0.1, -0.05) is 6.07 Å². The Morgan fingerprint density at radius 3 is 2.88 bits per heavy atom. The molecule has 0 radical (unpaired) electrons. The summed E-state index contributed by atoms with van der Waals surface area (Å²) in [6, 6.07) is 5.99. The van der Waals surface area contributed by atoms with Crippen molar-refractivity contribution in [2.24, 2.45) is 7.05 Å². The summed E-state index contributed by atoms with van der Waals surface area (Å²) in [6.07, 6.45) is 6.55. The Hall–Kier alpha value is -1.68. The molecular weight excluding hydrogens is 200 g/mol. The summed E-state index contributed by atoms with van der Waals surface area (Å²) in [7, 11) is 2.00. The molecule has 0 saturated heterocycles. The van der Waals surface area contributed by atoms with Crippen LogP contribution in [0.2, 0.25) is 0 Å². The first-order valence-electron chi connectivity index (χ1n) is 5.43. The largest absolute Gasteiger partial charge is 0.337 e. The quantitative estimate of drug-likeness (QED) is 0.762. The third-order valence-corrected chi connectivity index (χ3v) is 2.49. The van der Waals surface area contributed by atoms with Crippen molar-refractivity contribution in [3.63, 3.8) is 0 Å². The van der Waals surface area contributed by atoms with Crippen molar-refractivity contribution >= 4 is 0 Å². The van der Waals surface area contributed by atoms with Crippen molar-refractivity contribution < 1.29 is 0 Å². The summed E-state index contributed by atoms with van der Waals surface area (Å²) >= 11 is 0. The molecule has 0 unspecified atom stereocenters. The van der Waals surface area contributed by atoms with Crippen LogP contribution >= 0.6 is 0 Å². The lowest BCUT2D eigenvalue weighted by molar-refractivity contribution is 0.634. The summed E-state index contributed by atoms with van der Waals surface area (Å²) in [5.74, 6) is 1.06. The van der Waals surface area contributed by atoms with Crippen molar-refractivity contribution in [2.45, 2.75) is 13.0 Å². The number of pyridine rings is 1. The van der Waals surface area contributed by atoms with Crippen molar-refractivity contribution in [3.05, 3.63) is 48.3 Å². The maximum absolute atomic E-state index is 4.27. The number of aryl methyl sites for hydroxylation is 1. The Kier molecular flexibility index (Phi) is 3.66. The molecule has 0 amide bonds. The van der Waals surface area contributed by atoms with Crippen LogP contribution in [0.3, 0.4) is 0 Å². The van der Waals surface area contributed by atoms with Crippen LogP contribution in [0.15, 0.2) is 36.8 Å². The predicted octanol–water partition coefficient (Wildman–Crippen LogP) is 1.15. The van der Waals surface area contributed by atoms with Crippen molar-refractivity contribution in [3.8, 4) is 0 Å². The molecular formula is C12H16N4. The molecule has 0 fully saturated rings. The number of hydrogen-bond donors (Lipinski definition) is 1. The van der Waals surface area contributed by atoms with Gasteiger partial charge in [-0.25, -0.2) is 4.98 Å². The predicted molar refractivity (Wildman–Crippen MR) is 62.9 cm³/mol. The maximum Gasteiger partial charge on any atom is 0.122 e. The first kappa shape index (κ1) is 10.8. The molecule has 1 N–H and O–H groups in total. The van der Waals surface area contributed by atoms with Gasteiger partial charge in [-0.15, -0.1) is 0 Å². The molecule has 0 aliphatic heterocycles. The summed E-state index contributed by atoms with van der Waals surface area (Å²) in [4.78, 5) is 8.52. The fourth-order valence-corrected chi connectivity index (χ4v) is 1.53. The second-order valence-corrected chi connectivity index (χ2v) is 3.70. The number of imidazole rings is 1. The molecule has 0 atom stereocenters. The van der Waals surface area contributed by atoms with Gasteiger partial charge < -0.3 is 9.88 Å². The van der Waals surface area contributed by atoms with Crippen molar-refractivity contribution in [2.75, 3.05) is 6.54 Å².